The predicted octanol–water partition coefficient (Wildman–Crippen LogP) is 2.72. The van der Waals surface area contributed by atoms with Crippen molar-refractivity contribution in [1.82, 2.24) is 0 Å². The molecule has 1 aliphatic rings. The maximum absolute atomic E-state index is 11.6. The highest BCUT2D eigenvalue weighted by Gasteiger charge is 2.28. The summed E-state index contributed by atoms with van der Waals surface area (Å²) in [6.07, 6.45) is 4.82. The van der Waals surface area contributed by atoms with Crippen LogP contribution >= 0.6 is 0 Å². The Labute approximate surface area is 91.7 Å². The van der Waals surface area contributed by atoms with Crippen molar-refractivity contribution in [2.45, 2.75) is 47.0 Å². The molecule has 0 atom stereocenters. The van der Waals surface area contributed by atoms with Crippen molar-refractivity contribution >= 4 is 11.6 Å². The Morgan fingerprint density at radius 3 is 2.00 bits per heavy atom. The fourth-order valence-corrected chi connectivity index (χ4v) is 1.42. The van der Waals surface area contributed by atoms with Crippen LogP contribution in [0.2, 0.25) is 0 Å². The third-order valence-corrected chi connectivity index (χ3v) is 3.26. The van der Waals surface area contributed by atoms with Gasteiger partial charge < -0.3 is 0 Å². The average molecular weight is 207 g/mol. The van der Waals surface area contributed by atoms with Gasteiger partial charge in [-0.05, 0) is 23.8 Å². The van der Waals surface area contributed by atoms with Crippen molar-refractivity contribution < 1.29 is 9.59 Å². The zero-order valence-corrected chi connectivity index (χ0v) is 10.0. The van der Waals surface area contributed by atoms with Crippen molar-refractivity contribution in [3.05, 3.63) is 11.6 Å². The molecule has 0 spiro atoms. The summed E-state index contributed by atoms with van der Waals surface area (Å²) in [5.41, 5.74) is 0.109. The topological polar surface area (TPSA) is 34.1 Å². The molecule has 0 saturated heterocycles. The van der Waals surface area contributed by atoms with E-state index in [1.807, 2.05) is 13.8 Å². The van der Waals surface area contributed by atoms with Crippen LogP contribution in [-0.4, -0.2) is 11.6 Å². The first-order chi connectivity index (χ1) is 6.84. The monoisotopic (exact) mass is 207 g/mol. The molecule has 1 fully saturated rings. The first kappa shape index (κ1) is 12.2. The second kappa shape index (κ2) is 4.30. The minimum Gasteiger partial charge on any atom is -0.294 e. The maximum Gasteiger partial charge on any atom is 0.166 e. The zero-order valence-electron chi connectivity index (χ0n) is 10.0. The summed E-state index contributed by atoms with van der Waals surface area (Å²) in [6, 6.07) is 0. The van der Waals surface area contributed by atoms with Crippen LogP contribution < -0.4 is 0 Å². The van der Waals surface area contributed by atoms with Gasteiger partial charge in [-0.1, -0.05) is 27.7 Å². The number of Topliss-reactive ketones (excluding diaryl/α,β-unsaturated/α-hetero) is 2. The number of allylic oxidation sites excluding steroid dienone is 2. The minimum absolute atomic E-state index is 0.0278. The molecule has 0 aromatic heterocycles. The lowest BCUT2D eigenvalue weighted by molar-refractivity contribution is -0.124. The molecule has 0 amide bonds. The molecule has 1 saturated carbocycles. The summed E-state index contributed by atoms with van der Waals surface area (Å²) in [7, 11) is 0. The lowest BCUT2D eigenvalue weighted by Crippen LogP contribution is -2.24. The highest BCUT2D eigenvalue weighted by Crippen LogP contribution is 2.30. The van der Waals surface area contributed by atoms with Gasteiger partial charge in [0.25, 0.3) is 0 Å². The van der Waals surface area contributed by atoms with Gasteiger partial charge in [0.2, 0.25) is 0 Å². The fraction of sp³-hybridized carbons (Fsp3) is 0.692. The number of carbonyl (C=O) groups excluding carboxylic acids is 2. The van der Waals surface area contributed by atoms with E-state index in [1.165, 1.54) is 0 Å². The van der Waals surface area contributed by atoms with E-state index < -0.39 is 0 Å². The molecule has 15 heavy (non-hydrogen) atoms. The maximum atomic E-state index is 11.6. The molecule has 1 rings (SSSR count). The third-order valence-electron chi connectivity index (χ3n) is 3.26. The first-order valence-electron chi connectivity index (χ1n) is 5.56. The van der Waals surface area contributed by atoms with Crippen LogP contribution in [0.5, 0.6) is 0 Å². The van der Waals surface area contributed by atoms with E-state index in [4.69, 9.17) is 0 Å². The van der Waals surface area contributed by atoms with Gasteiger partial charge in [-0.3, -0.25) is 9.59 Å². The minimum atomic E-state index is -0.210. The fourth-order valence-electron chi connectivity index (χ4n) is 1.42. The summed E-state index contributed by atoms with van der Waals surface area (Å²) >= 11 is 0. The van der Waals surface area contributed by atoms with E-state index in [1.54, 1.807) is 0 Å². The molecule has 2 heteroatoms. The second-order valence-electron chi connectivity index (χ2n) is 5.08. The van der Waals surface area contributed by atoms with Crippen LogP contribution in [0.1, 0.15) is 47.0 Å². The molecule has 0 aromatic rings. The summed E-state index contributed by atoms with van der Waals surface area (Å²) in [6.45, 7) is 8.18. The van der Waals surface area contributed by atoms with Crippen LogP contribution in [0.4, 0.5) is 0 Å². The highest BCUT2D eigenvalue weighted by molar-refractivity contribution is 6.21. The summed E-state index contributed by atoms with van der Waals surface area (Å²) < 4.78 is 0. The van der Waals surface area contributed by atoms with Gasteiger partial charge in [0, 0.05) is 12.8 Å². The van der Waals surface area contributed by atoms with Crippen LogP contribution in [0, 0.1) is 17.4 Å². The van der Waals surface area contributed by atoms with E-state index in [0.29, 0.717) is 30.8 Å². The van der Waals surface area contributed by atoms with E-state index >= 15 is 0 Å². The van der Waals surface area contributed by atoms with E-state index in [-0.39, 0.29) is 17.0 Å². The Morgan fingerprint density at radius 2 is 1.60 bits per heavy atom. The van der Waals surface area contributed by atoms with E-state index in [2.05, 4.69) is 19.9 Å². The van der Waals surface area contributed by atoms with E-state index in [0.717, 1.165) is 0 Å². The molecular weight excluding hydrogens is 188 g/mol. The molecule has 83 valence electrons. The van der Waals surface area contributed by atoms with Crippen LogP contribution in [0.3, 0.4) is 0 Å². The van der Waals surface area contributed by atoms with Crippen LogP contribution in [-0.2, 0) is 9.59 Å². The average Bonchev–Trinajstić information content (AvgIpc) is 2.11. The summed E-state index contributed by atoms with van der Waals surface area (Å²) in [5, 5.41) is 0. The van der Waals surface area contributed by atoms with Gasteiger partial charge in [-0.2, -0.15) is 0 Å². The van der Waals surface area contributed by atoms with Crippen LogP contribution in [0.25, 0.3) is 0 Å². The molecule has 0 aromatic carbocycles. The Kier molecular flexibility index (Phi) is 3.48. The standard InChI is InChI=1S/C13H19O2/c1-9(2)13(3,4)8-10-11(14)6-5-7-12(10)15/h9H,5-7H2,1-4H3. The van der Waals surface area contributed by atoms with Gasteiger partial charge in [0.15, 0.2) is 11.6 Å². The second-order valence-corrected chi connectivity index (χ2v) is 5.08. The van der Waals surface area contributed by atoms with Gasteiger partial charge in [-0.15, -0.1) is 0 Å². The van der Waals surface area contributed by atoms with Gasteiger partial charge in [0.1, 0.15) is 0 Å². The molecule has 2 nitrogen and oxygen atoms in total. The van der Waals surface area contributed by atoms with Crippen molar-refractivity contribution in [3.8, 4) is 0 Å². The third kappa shape index (κ3) is 2.77. The zero-order chi connectivity index (χ0) is 11.6. The van der Waals surface area contributed by atoms with Gasteiger partial charge >= 0.3 is 0 Å². The molecule has 0 unspecified atom stereocenters. The summed E-state index contributed by atoms with van der Waals surface area (Å²) in [4.78, 5) is 23.2. The van der Waals surface area contributed by atoms with Crippen molar-refractivity contribution in [1.29, 1.82) is 0 Å². The molecule has 1 aliphatic carbocycles. The highest BCUT2D eigenvalue weighted by atomic mass is 16.1. The molecule has 0 aliphatic heterocycles. The molecular formula is C13H19O2. The first-order valence-corrected chi connectivity index (χ1v) is 5.56. The molecule has 0 heterocycles. The smallest absolute Gasteiger partial charge is 0.166 e. The lowest BCUT2D eigenvalue weighted by atomic mass is 9.77. The van der Waals surface area contributed by atoms with Gasteiger partial charge in [-0.25, -0.2) is 0 Å². The van der Waals surface area contributed by atoms with Crippen molar-refractivity contribution in [2.75, 3.05) is 0 Å². The quantitative estimate of drug-likeness (QED) is 0.515. The number of rotatable bonds is 2. The van der Waals surface area contributed by atoms with Gasteiger partial charge in [0.05, 0.1) is 5.57 Å². The number of hydrogen-bond donors (Lipinski definition) is 0. The Bertz CT molecular complexity index is 290. The number of ketones is 2. The molecule has 0 N–H and O–H groups in total. The Morgan fingerprint density at radius 1 is 1.13 bits per heavy atom. The van der Waals surface area contributed by atoms with Crippen LogP contribution in [0.15, 0.2) is 5.57 Å². The van der Waals surface area contributed by atoms with E-state index in [9.17, 15) is 9.59 Å². The number of carbonyl (C=O) groups is 2. The summed E-state index contributed by atoms with van der Waals surface area (Å²) in [5.74, 6) is 0.312. The predicted molar refractivity (Wildman–Crippen MR) is 59.2 cm³/mol. The number of hydrogen-bond acceptors (Lipinski definition) is 2. The van der Waals surface area contributed by atoms with Crippen molar-refractivity contribution in [2.24, 2.45) is 11.3 Å². The lowest BCUT2D eigenvalue weighted by Gasteiger charge is -2.26. The normalized spacial score (nSPS) is 18.6. The molecule has 0 bridgehead atoms. The Hall–Kier alpha value is -0.920. The largest absolute Gasteiger partial charge is 0.294 e. The van der Waals surface area contributed by atoms with Crippen molar-refractivity contribution in [3.63, 3.8) is 0 Å². The SMILES string of the molecule is CC(C)C(C)(C)[C]=C1C(=O)CCCC1=O. The Balaban J connectivity index is 2.98. The molecule has 1 radical (unpaired) electrons.